The van der Waals surface area contributed by atoms with Gasteiger partial charge >= 0.3 is 11.8 Å². The number of hydrogen-bond acceptors (Lipinski definition) is 17. The van der Waals surface area contributed by atoms with Crippen LogP contribution in [0.5, 0.6) is 17.2 Å². The third-order valence-electron chi connectivity index (χ3n) is 15.5. The van der Waals surface area contributed by atoms with Crippen LogP contribution < -0.4 is 25.1 Å². The number of hydrogen-bond donors (Lipinski definition) is 6. The lowest BCUT2D eigenvalue weighted by molar-refractivity contribution is -0.116. The Balaban J connectivity index is 1.18. The van der Waals surface area contributed by atoms with Crippen LogP contribution in [-0.2, 0) is 14.3 Å². The first-order chi connectivity index (χ1) is 35.9. The molecule has 9 rings (SSSR count). The van der Waals surface area contributed by atoms with Crippen LogP contribution in [0.2, 0.25) is 0 Å². The number of carbonyl (C=O) groups is 5. The van der Waals surface area contributed by atoms with E-state index in [0.717, 1.165) is 18.5 Å². The number of halogens is 1. The fourth-order valence-electron chi connectivity index (χ4n) is 10.6. The first-order valence-electron chi connectivity index (χ1n) is 25.2. The highest BCUT2D eigenvalue weighted by Crippen LogP contribution is 2.49. The molecule has 21 heteroatoms. The fourth-order valence-corrected chi connectivity index (χ4v) is 10.6. The van der Waals surface area contributed by atoms with Crippen molar-refractivity contribution in [2.45, 2.75) is 111 Å². The van der Waals surface area contributed by atoms with E-state index in [9.17, 15) is 49.5 Å². The van der Waals surface area contributed by atoms with Crippen molar-refractivity contribution in [1.82, 2.24) is 14.9 Å². The number of phenolic OH excluding ortho intramolecular Hbond substituents is 1. The first-order valence-corrected chi connectivity index (χ1v) is 25.2. The predicted molar refractivity (Wildman–Crippen MR) is 275 cm³/mol. The van der Waals surface area contributed by atoms with Crippen LogP contribution in [0.1, 0.15) is 114 Å². The van der Waals surface area contributed by atoms with E-state index in [-0.39, 0.29) is 70.5 Å². The summed E-state index contributed by atoms with van der Waals surface area (Å²) in [6.45, 7) is 12.9. The van der Waals surface area contributed by atoms with Gasteiger partial charge in [0, 0.05) is 74.2 Å². The summed E-state index contributed by atoms with van der Waals surface area (Å²) in [6.07, 6.45) is 6.60. The standard InChI is InChI=1S/C55H64FN5O15/c1-24-12-11-13-25(2)53(70)58-40-33(21-57-61-18-17-59(22-26(61)3)42-35(56)20-32-41(51(42)74-10)60(31-14-15-31)23-34(47(32)66)54(71)72)48(67)37-38(49(40)68)46(65)30(7)50-39(37)52(69)55(8,76-50)75-19-16-36(73-9)27(4)44(63)29(6)45(64)28(5)43(24)62/h11-13,16,19-21,23-24,26-29,31,36,43-45,62-65H,14-15,17-18,22H2,1-10H3,(H,58,70)(H,71,72)/b12-11+,19-16+,25-13-,57-21+/t24-,26?,27+,28+,29-,36-,43-,44+,45+,55-/m0/s1. The highest BCUT2D eigenvalue weighted by Gasteiger charge is 2.53. The molecule has 1 unspecified atom stereocenters. The van der Waals surface area contributed by atoms with Gasteiger partial charge in [0.25, 0.3) is 11.7 Å². The van der Waals surface area contributed by atoms with Crippen LogP contribution in [0.25, 0.3) is 10.9 Å². The molecule has 2 aliphatic carbocycles. The zero-order chi connectivity index (χ0) is 55.6. The molecule has 0 radical (unpaired) electrons. The molecule has 6 aliphatic rings. The van der Waals surface area contributed by atoms with E-state index in [1.807, 2.05) is 0 Å². The van der Waals surface area contributed by atoms with Crippen LogP contribution in [0, 0.1) is 36.4 Å². The summed E-state index contributed by atoms with van der Waals surface area (Å²) in [5.41, 5.74) is -3.57. The predicted octanol–water partition coefficient (Wildman–Crippen LogP) is 5.12. The molecule has 76 heavy (non-hydrogen) atoms. The number of anilines is 1. The Morgan fingerprint density at radius 2 is 1.59 bits per heavy atom. The van der Waals surface area contributed by atoms with Crippen LogP contribution in [0.3, 0.4) is 0 Å². The number of amides is 1. The van der Waals surface area contributed by atoms with Crippen molar-refractivity contribution in [3.63, 3.8) is 0 Å². The van der Waals surface area contributed by atoms with E-state index in [4.69, 9.17) is 18.9 Å². The van der Waals surface area contributed by atoms with Crippen molar-refractivity contribution >= 4 is 52.0 Å². The number of ketones is 3. The number of aromatic carboxylic acids is 1. The number of rotatable bonds is 7. The molecule has 5 bridgehead atoms. The smallest absolute Gasteiger partial charge is 0.341 e. The summed E-state index contributed by atoms with van der Waals surface area (Å²) in [7, 11) is 2.73. The number of aromatic nitrogens is 1. The van der Waals surface area contributed by atoms with E-state index in [1.165, 1.54) is 59.4 Å². The molecule has 2 fully saturated rings. The molecule has 1 saturated carbocycles. The number of ether oxygens (including phenoxy) is 4. The lowest BCUT2D eigenvalue weighted by atomic mass is 9.78. The number of phenols is 1. The largest absolute Gasteiger partial charge is 0.507 e. The maximum Gasteiger partial charge on any atom is 0.341 e. The molecule has 406 valence electrons. The van der Waals surface area contributed by atoms with Gasteiger partial charge in [0.2, 0.25) is 11.2 Å². The van der Waals surface area contributed by atoms with Gasteiger partial charge in [-0.3, -0.25) is 29.0 Å². The Bertz CT molecular complexity index is 3160. The average Bonchev–Trinajstić information content (AvgIpc) is 4.28. The van der Waals surface area contributed by atoms with Crippen molar-refractivity contribution in [3.8, 4) is 17.2 Å². The minimum Gasteiger partial charge on any atom is -0.507 e. The number of hydrazone groups is 1. The molecule has 5 heterocycles. The normalized spacial score (nSPS) is 30.3. The van der Waals surface area contributed by atoms with E-state index in [0.29, 0.717) is 12.8 Å². The van der Waals surface area contributed by atoms with Gasteiger partial charge < -0.3 is 59.3 Å². The minimum atomic E-state index is -2.17. The number of Topliss-reactive ketones (excluding diaryl/α,β-unsaturated/α-hetero) is 3. The molecular formula is C55H64FN5O15. The highest BCUT2D eigenvalue weighted by atomic mass is 19.1. The minimum absolute atomic E-state index is 0.0370. The number of piperazine rings is 1. The SMILES string of the molecule is COc1c(N2CCN(/N=C/C3=C4NC(=O)/C(C)=C\C=C\[C@H](C)[C@H](O)[C@@H](C)[C@@H](O)[C@@H](C)[C@H](O)[C@H](C)[C@@H](OC)/C=C/O[C@@]5(C)Oc6c(C)c(O)c(c(c6C5=O)C3=O)C4=O)C(C)C2)c(F)cc2c(=O)c(C(=O)O)cn(C3CC3)c12. The van der Waals surface area contributed by atoms with Gasteiger partial charge in [0.15, 0.2) is 17.3 Å². The van der Waals surface area contributed by atoms with Crippen LogP contribution in [0.15, 0.2) is 69.6 Å². The Labute approximate surface area is 437 Å². The summed E-state index contributed by atoms with van der Waals surface area (Å²) < 4.78 is 41.5. The number of allylic oxidation sites excluding steroid dienone is 4. The molecule has 1 amide bonds. The summed E-state index contributed by atoms with van der Waals surface area (Å²) in [6, 6.07) is 0.351. The molecule has 1 aromatic heterocycles. The number of aliphatic hydroxyl groups excluding tert-OH is 3. The number of fused-ring (bicyclic) bond motifs is 15. The molecule has 20 nitrogen and oxygen atoms in total. The highest BCUT2D eigenvalue weighted by molar-refractivity contribution is 6.37. The van der Waals surface area contributed by atoms with Crippen molar-refractivity contribution in [2.24, 2.45) is 28.8 Å². The third kappa shape index (κ3) is 9.57. The molecule has 3 aromatic rings. The van der Waals surface area contributed by atoms with Crippen molar-refractivity contribution in [3.05, 3.63) is 104 Å². The van der Waals surface area contributed by atoms with Gasteiger partial charge in [-0.25, -0.2) is 9.18 Å². The van der Waals surface area contributed by atoms with Gasteiger partial charge in [-0.2, -0.15) is 5.10 Å². The summed E-state index contributed by atoms with van der Waals surface area (Å²) >= 11 is 0. The van der Waals surface area contributed by atoms with Crippen molar-refractivity contribution in [1.29, 1.82) is 0 Å². The van der Waals surface area contributed by atoms with Crippen LogP contribution >= 0.6 is 0 Å². The molecule has 2 aromatic carbocycles. The Hall–Kier alpha value is -7.20. The van der Waals surface area contributed by atoms with Crippen molar-refractivity contribution in [2.75, 3.05) is 38.8 Å². The Kier molecular flexibility index (Phi) is 15.3. The Morgan fingerprint density at radius 1 is 0.921 bits per heavy atom. The number of nitrogens with one attached hydrogen (secondary N) is 1. The van der Waals surface area contributed by atoms with Crippen LogP contribution in [0.4, 0.5) is 10.1 Å². The van der Waals surface area contributed by atoms with E-state index >= 15 is 9.18 Å². The molecule has 1 saturated heterocycles. The quantitative estimate of drug-likeness (QED) is 0.168. The topological polar surface area (TPSA) is 276 Å². The van der Waals surface area contributed by atoms with E-state index < -0.39 is 134 Å². The first kappa shape index (κ1) is 55.0. The van der Waals surface area contributed by atoms with Gasteiger partial charge in [0.1, 0.15) is 28.4 Å². The molecule has 0 spiro atoms. The molecule has 10 atom stereocenters. The number of carboxylic acids is 1. The van der Waals surface area contributed by atoms with Gasteiger partial charge in [-0.15, -0.1) is 0 Å². The number of aromatic hydroxyl groups is 1. The number of pyridine rings is 1. The van der Waals surface area contributed by atoms with E-state index in [2.05, 4.69) is 10.4 Å². The van der Waals surface area contributed by atoms with Gasteiger partial charge in [0.05, 0.1) is 89.8 Å². The lowest BCUT2D eigenvalue weighted by Gasteiger charge is -2.40. The maximum absolute atomic E-state index is 16.3. The number of benzene rings is 2. The fraction of sp³-hybridized carbons (Fsp3) is 0.473. The van der Waals surface area contributed by atoms with Gasteiger partial charge in [-0.05, 0) is 45.8 Å². The van der Waals surface area contributed by atoms with Crippen LogP contribution in [-0.4, -0.2) is 141 Å². The number of carboxylic acid groups (broad SMARTS) is 1. The second-order valence-electron chi connectivity index (χ2n) is 20.6. The summed E-state index contributed by atoms with van der Waals surface area (Å²) in [5.74, 6) is -11.8. The number of carbonyl (C=O) groups excluding carboxylic acids is 4. The summed E-state index contributed by atoms with van der Waals surface area (Å²) in [4.78, 5) is 85.6. The molecule has 6 N–H and O–H groups in total. The maximum atomic E-state index is 16.3. The second kappa shape index (κ2) is 21.1. The number of aliphatic hydroxyl groups is 3. The number of methoxy groups -OCH3 is 2. The van der Waals surface area contributed by atoms with Crippen molar-refractivity contribution < 1.29 is 72.8 Å². The zero-order valence-electron chi connectivity index (χ0n) is 43.9. The third-order valence-corrected chi connectivity index (χ3v) is 15.5. The monoisotopic (exact) mass is 1050 g/mol. The van der Waals surface area contributed by atoms with Gasteiger partial charge in [-0.1, -0.05) is 45.9 Å². The number of nitrogens with zero attached hydrogens (tertiary/aromatic N) is 4. The second-order valence-corrected chi connectivity index (χ2v) is 20.6. The summed E-state index contributed by atoms with van der Waals surface area (Å²) in [5, 5.41) is 64.2. The zero-order valence-corrected chi connectivity index (χ0v) is 43.9. The van der Waals surface area contributed by atoms with E-state index in [1.54, 1.807) is 55.2 Å². The Morgan fingerprint density at radius 3 is 2.22 bits per heavy atom. The molecular weight excluding hydrogens is 990 g/mol. The molecule has 4 aliphatic heterocycles. The average molecular weight is 1050 g/mol. The lowest BCUT2D eigenvalue weighted by Crippen LogP contribution is -2.50.